The topological polar surface area (TPSA) is 51.2 Å². The fourth-order valence-electron chi connectivity index (χ4n) is 1.83. The summed E-state index contributed by atoms with van der Waals surface area (Å²) >= 11 is 0. The van der Waals surface area contributed by atoms with E-state index >= 15 is 0 Å². The SMILES string of the molecule is CC(=O)c1ccc(S(=O)(=O)Cc2ccc(F)c(F)c2)cc1. The largest absolute Gasteiger partial charge is 0.295 e. The fraction of sp³-hybridized carbons (Fsp3) is 0.133. The molecule has 2 rings (SSSR count). The Balaban J connectivity index is 2.29. The zero-order valence-corrected chi connectivity index (χ0v) is 12.0. The maximum Gasteiger partial charge on any atom is 0.182 e. The first-order chi connectivity index (χ1) is 9.79. The second kappa shape index (κ2) is 5.73. The van der Waals surface area contributed by atoms with Crippen LogP contribution in [0.2, 0.25) is 0 Å². The highest BCUT2D eigenvalue weighted by atomic mass is 32.2. The van der Waals surface area contributed by atoms with Gasteiger partial charge in [-0.15, -0.1) is 0 Å². The fourth-order valence-corrected chi connectivity index (χ4v) is 3.16. The summed E-state index contributed by atoms with van der Waals surface area (Å²) in [5, 5.41) is 0. The van der Waals surface area contributed by atoms with Gasteiger partial charge >= 0.3 is 0 Å². The summed E-state index contributed by atoms with van der Waals surface area (Å²) in [6.45, 7) is 1.38. The van der Waals surface area contributed by atoms with Crippen molar-refractivity contribution in [3.63, 3.8) is 0 Å². The summed E-state index contributed by atoms with van der Waals surface area (Å²) in [5.41, 5.74) is 0.561. The molecule has 3 nitrogen and oxygen atoms in total. The molecule has 2 aromatic carbocycles. The first kappa shape index (κ1) is 15.3. The summed E-state index contributed by atoms with van der Waals surface area (Å²) in [6.07, 6.45) is 0. The van der Waals surface area contributed by atoms with Gasteiger partial charge in [0.15, 0.2) is 27.3 Å². The zero-order chi connectivity index (χ0) is 15.6. The van der Waals surface area contributed by atoms with Crippen molar-refractivity contribution in [2.45, 2.75) is 17.6 Å². The standard InChI is InChI=1S/C15H12F2O3S/c1-10(18)12-3-5-13(6-4-12)21(19,20)9-11-2-7-14(16)15(17)8-11/h2-8H,9H2,1H3. The van der Waals surface area contributed by atoms with Gasteiger partial charge in [-0.2, -0.15) is 0 Å². The summed E-state index contributed by atoms with van der Waals surface area (Å²) in [7, 11) is -3.69. The average molecular weight is 310 g/mol. The van der Waals surface area contributed by atoms with Gasteiger partial charge in [0.2, 0.25) is 0 Å². The van der Waals surface area contributed by atoms with E-state index in [0.29, 0.717) is 5.56 Å². The summed E-state index contributed by atoms with van der Waals surface area (Å²) in [4.78, 5) is 11.2. The molecule has 0 saturated heterocycles. The number of sulfone groups is 1. The maximum atomic E-state index is 13.1. The molecule has 0 aliphatic rings. The molecule has 0 aliphatic carbocycles. The van der Waals surface area contributed by atoms with E-state index in [1.807, 2.05) is 0 Å². The molecule has 0 N–H and O–H groups in total. The van der Waals surface area contributed by atoms with Crippen LogP contribution >= 0.6 is 0 Å². The van der Waals surface area contributed by atoms with Crippen LogP contribution in [-0.4, -0.2) is 14.2 Å². The van der Waals surface area contributed by atoms with E-state index in [1.54, 1.807) is 0 Å². The molecule has 21 heavy (non-hydrogen) atoms. The Hall–Kier alpha value is -2.08. The number of hydrogen-bond acceptors (Lipinski definition) is 3. The van der Waals surface area contributed by atoms with Gasteiger partial charge in [-0.05, 0) is 36.8 Å². The highest BCUT2D eigenvalue weighted by Gasteiger charge is 2.16. The van der Waals surface area contributed by atoms with Gasteiger partial charge in [-0.25, -0.2) is 17.2 Å². The molecule has 0 heterocycles. The van der Waals surface area contributed by atoms with Gasteiger partial charge in [0.25, 0.3) is 0 Å². The van der Waals surface area contributed by atoms with Crippen molar-refractivity contribution in [3.8, 4) is 0 Å². The van der Waals surface area contributed by atoms with E-state index in [0.717, 1.165) is 12.1 Å². The number of ketones is 1. The van der Waals surface area contributed by atoms with Crippen LogP contribution in [0.3, 0.4) is 0 Å². The second-order valence-electron chi connectivity index (χ2n) is 4.59. The monoisotopic (exact) mass is 310 g/mol. The molecule has 0 bridgehead atoms. The van der Waals surface area contributed by atoms with Gasteiger partial charge in [0.05, 0.1) is 10.6 Å². The van der Waals surface area contributed by atoms with Crippen LogP contribution in [0.15, 0.2) is 47.4 Å². The van der Waals surface area contributed by atoms with Crippen molar-refractivity contribution in [2.24, 2.45) is 0 Å². The Morgan fingerprint density at radius 2 is 1.62 bits per heavy atom. The van der Waals surface area contributed by atoms with Crippen LogP contribution < -0.4 is 0 Å². The molecule has 0 spiro atoms. The minimum absolute atomic E-state index is 0.0252. The highest BCUT2D eigenvalue weighted by molar-refractivity contribution is 7.90. The third kappa shape index (κ3) is 3.52. The number of carbonyl (C=O) groups is 1. The average Bonchev–Trinajstić information content (AvgIpc) is 2.43. The Morgan fingerprint density at radius 1 is 1.00 bits per heavy atom. The number of benzene rings is 2. The molecule has 0 aliphatic heterocycles. The van der Waals surface area contributed by atoms with Crippen LogP contribution in [0.1, 0.15) is 22.8 Å². The van der Waals surface area contributed by atoms with E-state index in [1.165, 1.54) is 37.3 Å². The molecule has 0 unspecified atom stereocenters. The van der Waals surface area contributed by atoms with Gasteiger partial charge < -0.3 is 0 Å². The Labute approximate surface area is 121 Å². The Morgan fingerprint density at radius 3 is 2.14 bits per heavy atom. The molecule has 0 radical (unpaired) electrons. The van der Waals surface area contributed by atoms with Crippen molar-refractivity contribution in [1.82, 2.24) is 0 Å². The minimum Gasteiger partial charge on any atom is -0.295 e. The Bertz CT molecular complexity index is 781. The summed E-state index contributed by atoms with van der Waals surface area (Å²) < 4.78 is 50.3. The third-order valence-corrected chi connectivity index (χ3v) is 4.66. The van der Waals surface area contributed by atoms with Crippen LogP contribution in [-0.2, 0) is 15.6 Å². The number of hydrogen-bond donors (Lipinski definition) is 0. The number of rotatable bonds is 4. The van der Waals surface area contributed by atoms with Crippen LogP contribution in [0.25, 0.3) is 0 Å². The van der Waals surface area contributed by atoms with E-state index in [2.05, 4.69) is 0 Å². The molecule has 0 fully saturated rings. The van der Waals surface area contributed by atoms with Crippen LogP contribution in [0, 0.1) is 11.6 Å². The first-order valence-electron chi connectivity index (χ1n) is 6.07. The van der Waals surface area contributed by atoms with Gasteiger partial charge in [0.1, 0.15) is 0 Å². The van der Waals surface area contributed by atoms with Gasteiger partial charge in [-0.1, -0.05) is 18.2 Å². The lowest BCUT2D eigenvalue weighted by molar-refractivity contribution is 0.101. The second-order valence-corrected chi connectivity index (χ2v) is 6.58. The molecule has 6 heteroatoms. The lowest BCUT2D eigenvalue weighted by atomic mass is 10.2. The number of Topliss-reactive ketones (excluding diaryl/α,β-unsaturated/α-hetero) is 1. The molecule has 2 aromatic rings. The first-order valence-corrected chi connectivity index (χ1v) is 7.72. The number of carbonyl (C=O) groups excluding carboxylic acids is 1. The smallest absolute Gasteiger partial charge is 0.182 e. The predicted octanol–water partition coefficient (Wildman–Crippen LogP) is 3.14. The Kier molecular flexibility index (Phi) is 4.18. The van der Waals surface area contributed by atoms with Crippen LogP contribution in [0.4, 0.5) is 8.78 Å². The lowest BCUT2D eigenvalue weighted by Crippen LogP contribution is -2.06. The normalized spacial score (nSPS) is 11.4. The minimum atomic E-state index is -3.69. The van der Waals surface area contributed by atoms with Crippen LogP contribution in [0.5, 0.6) is 0 Å². The molecule has 0 saturated carbocycles. The third-order valence-electron chi connectivity index (χ3n) is 2.96. The van der Waals surface area contributed by atoms with E-state index in [9.17, 15) is 22.0 Å². The van der Waals surface area contributed by atoms with Crippen molar-refractivity contribution in [2.75, 3.05) is 0 Å². The van der Waals surface area contributed by atoms with Crippen molar-refractivity contribution < 1.29 is 22.0 Å². The summed E-state index contributed by atoms with van der Waals surface area (Å²) in [6, 6.07) is 8.45. The van der Waals surface area contributed by atoms with Crippen molar-refractivity contribution in [1.29, 1.82) is 0 Å². The molecular weight excluding hydrogens is 298 g/mol. The molecular formula is C15H12F2O3S. The molecule has 110 valence electrons. The quantitative estimate of drug-likeness (QED) is 0.815. The highest BCUT2D eigenvalue weighted by Crippen LogP contribution is 2.18. The van der Waals surface area contributed by atoms with E-state index in [-0.39, 0.29) is 16.2 Å². The van der Waals surface area contributed by atoms with E-state index in [4.69, 9.17) is 0 Å². The lowest BCUT2D eigenvalue weighted by Gasteiger charge is -2.06. The number of halogens is 2. The molecule has 0 atom stereocenters. The van der Waals surface area contributed by atoms with Crippen molar-refractivity contribution >= 4 is 15.6 Å². The zero-order valence-electron chi connectivity index (χ0n) is 11.1. The van der Waals surface area contributed by atoms with Crippen molar-refractivity contribution in [3.05, 3.63) is 65.2 Å². The summed E-state index contributed by atoms with van der Waals surface area (Å²) in [5.74, 6) is -2.72. The molecule has 0 amide bonds. The predicted molar refractivity (Wildman–Crippen MR) is 73.7 cm³/mol. The van der Waals surface area contributed by atoms with Gasteiger partial charge in [-0.3, -0.25) is 4.79 Å². The van der Waals surface area contributed by atoms with Gasteiger partial charge in [0, 0.05) is 5.56 Å². The van der Waals surface area contributed by atoms with E-state index < -0.39 is 27.2 Å². The molecule has 0 aromatic heterocycles. The maximum absolute atomic E-state index is 13.1.